The van der Waals surface area contributed by atoms with Gasteiger partial charge in [0.15, 0.2) is 17.5 Å². The van der Waals surface area contributed by atoms with Gasteiger partial charge in [-0.2, -0.15) is 0 Å². The third kappa shape index (κ3) is 2.11. The van der Waals surface area contributed by atoms with Gasteiger partial charge in [-0.05, 0) is 19.3 Å². The van der Waals surface area contributed by atoms with Gasteiger partial charge in [0.25, 0.3) is 0 Å². The molecule has 3 rings (SSSR count). The van der Waals surface area contributed by atoms with Gasteiger partial charge in [0, 0.05) is 42.7 Å². The molecule has 102 valence electrons. The molecular formula is C14H14F3NO. The molecule has 2 unspecified atom stereocenters. The molecule has 2 aliphatic rings. The molecule has 1 aromatic rings. The molecule has 19 heavy (non-hydrogen) atoms. The minimum absolute atomic E-state index is 0.00994. The predicted octanol–water partition coefficient (Wildman–Crippen LogP) is 3.19. The molecule has 2 bridgehead atoms. The van der Waals surface area contributed by atoms with Crippen LogP contribution in [0.5, 0.6) is 0 Å². The molecule has 2 aliphatic heterocycles. The minimum atomic E-state index is -1.44. The summed E-state index contributed by atoms with van der Waals surface area (Å²) < 4.78 is 39.7. The molecule has 0 N–H and O–H groups in total. The van der Waals surface area contributed by atoms with Crippen LogP contribution in [0.25, 0.3) is 0 Å². The highest BCUT2D eigenvalue weighted by Crippen LogP contribution is 2.37. The van der Waals surface area contributed by atoms with Crippen molar-refractivity contribution in [3.63, 3.8) is 0 Å². The van der Waals surface area contributed by atoms with Crippen LogP contribution >= 0.6 is 0 Å². The Kier molecular flexibility index (Phi) is 2.99. The Morgan fingerprint density at radius 3 is 2.05 bits per heavy atom. The van der Waals surface area contributed by atoms with Crippen molar-refractivity contribution in [2.45, 2.75) is 44.2 Å². The molecule has 0 aromatic heterocycles. The monoisotopic (exact) mass is 269 g/mol. The number of halogens is 3. The summed E-state index contributed by atoms with van der Waals surface area (Å²) >= 11 is 0. The number of ketones is 1. The van der Waals surface area contributed by atoms with E-state index in [0.29, 0.717) is 18.5 Å². The van der Waals surface area contributed by atoms with Gasteiger partial charge < -0.3 is 4.90 Å². The van der Waals surface area contributed by atoms with Gasteiger partial charge in [-0.15, -0.1) is 0 Å². The van der Waals surface area contributed by atoms with Crippen molar-refractivity contribution in [3.05, 3.63) is 29.6 Å². The van der Waals surface area contributed by atoms with Crippen molar-refractivity contribution in [2.24, 2.45) is 0 Å². The zero-order chi connectivity index (χ0) is 13.6. The highest BCUT2D eigenvalue weighted by Gasteiger charge is 2.38. The summed E-state index contributed by atoms with van der Waals surface area (Å²) in [4.78, 5) is 13.5. The van der Waals surface area contributed by atoms with E-state index < -0.39 is 17.5 Å². The molecule has 2 saturated heterocycles. The van der Waals surface area contributed by atoms with Crippen LogP contribution in [0.1, 0.15) is 32.1 Å². The van der Waals surface area contributed by atoms with E-state index in [4.69, 9.17) is 0 Å². The highest BCUT2D eigenvalue weighted by molar-refractivity contribution is 5.82. The third-order valence-electron chi connectivity index (χ3n) is 4.05. The summed E-state index contributed by atoms with van der Waals surface area (Å²) in [6.07, 6.45) is 3.52. The van der Waals surface area contributed by atoms with E-state index >= 15 is 0 Å². The molecular weight excluding hydrogens is 255 g/mol. The van der Waals surface area contributed by atoms with Crippen LogP contribution in [0.15, 0.2) is 12.1 Å². The first-order valence-electron chi connectivity index (χ1n) is 6.51. The first-order chi connectivity index (χ1) is 9.06. The van der Waals surface area contributed by atoms with Gasteiger partial charge in [-0.1, -0.05) is 0 Å². The number of anilines is 1. The Morgan fingerprint density at radius 1 is 1.00 bits per heavy atom. The number of fused-ring (bicyclic) bond motifs is 2. The number of Topliss-reactive ketones (excluding diaryl/α,β-unsaturated/α-hetero) is 1. The number of hydrogen-bond acceptors (Lipinski definition) is 2. The lowest BCUT2D eigenvalue weighted by Gasteiger charge is -2.47. The van der Waals surface area contributed by atoms with Gasteiger partial charge in [-0.25, -0.2) is 13.2 Å². The molecule has 5 heteroatoms. The van der Waals surface area contributed by atoms with Crippen LogP contribution in [0.3, 0.4) is 0 Å². The number of carbonyl (C=O) groups excluding carboxylic acids is 1. The lowest BCUT2D eigenvalue weighted by Crippen LogP contribution is -2.52. The molecule has 0 spiro atoms. The maximum Gasteiger partial charge on any atom is 0.194 e. The lowest BCUT2D eigenvalue weighted by molar-refractivity contribution is -0.121. The largest absolute Gasteiger partial charge is 0.365 e. The quantitative estimate of drug-likeness (QED) is 0.730. The Labute approximate surface area is 109 Å². The van der Waals surface area contributed by atoms with Crippen molar-refractivity contribution in [2.75, 3.05) is 4.90 Å². The van der Waals surface area contributed by atoms with Crippen LogP contribution in [0, 0.1) is 17.5 Å². The molecule has 0 amide bonds. The minimum Gasteiger partial charge on any atom is -0.365 e. The van der Waals surface area contributed by atoms with Gasteiger partial charge >= 0.3 is 0 Å². The van der Waals surface area contributed by atoms with Crippen molar-refractivity contribution in [1.82, 2.24) is 0 Å². The number of benzene rings is 1. The van der Waals surface area contributed by atoms with E-state index in [1.54, 1.807) is 0 Å². The SMILES string of the molecule is O=C1CC2CCCC(C1)N2c1cc(F)c(F)c(F)c1. The molecule has 2 fully saturated rings. The zero-order valence-corrected chi connectivity index (χ0v) is 10.3. The van der Waals surface area contributed by atoms with Crippen molar-refractivity contribution in [1.29, 1.82) is 0 Å². The lowest BCUT2D eigenvalue weighted by atomic mass is 9.83. The second kappa shape index (κ2) is 4.54. The van der Waals surface area contributed by atoms with Crippen LogP contribution in [0.2, 0.25) is 0 Å². The summed E-state index contributed by atoms with van der Waals surface area (Å²) in [7, 11) is 0. The first kappa shape index (κ1) is 12.5. The summed E-state index contributed by atoms with van der Waals surface area (Å²) in [5.74, 6) is -3.59. The smallest absolute Gasteiger partial charge is 0.194 e. The fraction of sp³-hybridized carbons (Fsp3) is 0.500. The van der Waals surface area contributed by atoms with E-state index in [-0.39, 0.29) is 17.9 Å². The fourth-order valence-corrected chi connectivity index (χ4v) is 3.29. The van der Waals surface area contributed by atoms with E-state index in [1.165, 1.54) is 0 Å². The number of carbonyl (C=O) groups is 1. The summed E-state index contributed by atoms with van der Waals surface area (Å²) in [5.41, 5.74) is 0.346. The number of rotatable bonds is 1. The number of hydrogen-bond donors (Lipinski definition) is 0. The molecule has 2 heterocycles. The average Bonchev–Trinajstić information content (AvgIpc) is 2.34. The summed E-state index contributed by atoms with van der Waals surface area (Å²) in [6, 6.07) is 2.03. The van der Waals surface area contributed by atoms with Gasteiger partial charge in [0.2, 0.25) is 0 Å². The maximum absolute atomic E-state index is 13.3. The highest BCUT2D eigenvalue weighted by atomic mass is 19.2. The van der Waals surface area contributed by atoms with E-state index in [9.17, 15) is 18.0 Å². The second-order valence-electron chi connectivity index (χ2n) is 5.32. The summed E-state index contributed by atoms with van der Waals surface area (Å²) in [6.45, 7) is 0. The predicted molar refractivity (Wildman–Crippen MR) is 64.5 cm³/mol. The van der Waals surface area contributed by atoms with Crippen molar-refractivity contribution in [3.8, 4) is 0 Å². The Bertz CT molecular complexity index is 492. The molecule has 0 aliphatic carbocycles. The van der Waals surface area contributed by atoms with Crippen molar-refractivity contribution < 1.29 is 18.0 Å². The normalized spacial score (nSPS) is 26.7. The zero-order valence-electron chi connectivity index (χ0n) is 10.3. The number of nitrogens with zero attached hydrogens (tertiary/aromatic N) is 1. The molecule has 0 radical (unpaired) electrons. The topological polar surface area (TPSA) is 20.3 Å². The van der Waals surface area contributed by atoms with Gasteiger partial charge in [0.05, 0.1) is 0 Å². The first-order valence-corrected chi connectivity index (χ1v) is 6.51. The van der Waals surface area contributed by atoms with E-state index in [2.05, 4.69) is 0 Å². The molecule has 2 atom stereocenters. The Morgan fingerprint density at radius 2 is 1.53 bits per heavy atom. The van der Waals surface area contributed by atoms with Crippen LogP contribution in [0.4, 0.5) is 18.9 Å². The van der Waals surface area contributed by atoms with Crippen LogP contribution < -0.4 is 4.90 Å². The average molecular weight is 269 g/mol. The van der Waals surface area contributed by atoms with E-state index in [1.807, 2.05) is 4.90 Å². The molecule has 2 nitrogen and oxygen atoms in total. The number of piperidine rings is 2. The van der Waals surface area contributed by atoms with Crippen LogP contribution in [-0.2, 0) is 4.79 Å². The van der Waals surface area contributed by atoms with Crippen molar-refractivity contribution >= 4 is 11.5 Å². The van der Waals surface area contributed by atoms with Crippen LogP contribution in [-0.4, -0.2) is 17.9 Å². The molecule has 0 saturated carbocycles. The summed E-state index contributed by atoms with van der Waals surface area (Å²) in [5, 5.41) is 0. The Balaban J connectivity index is 1.99. The van der Waals surface area contributed by atoms with E-state index in [0.717, 1.165) is 31.4 Å². The van der Waals surface area contributed by atoms with Gasteiger partial charge in [0.1, 0.15) is 5.78 Å². The standard InChI is InChI=1S/C14H14F3NO/c15-12-6-10(7-13(16)14(12)17)18-8-2-1-3-9(18)5-11(19)4-8/h6-9H,1-5H2. The second-order valence-corrected chi connectivity index (χ2v) is 5.32. The maximum atomic E-state index is 13.3. The fourth-order valence-electron chi connectivity index (χ4n) is 3.29. The third-order valence-corrected chi connectivity index (χ3v) is 4.05. The molecule has 1 aromatic carbocycles. The Hall–Kier alpha value is -1.52. The van der Waals surface area contributed by atoms with Gasteiger partial charge in [-0.3, -0.25) is 4.79 Å².